The summed E-state index contributed by atoms with van der Waals surface area (Å²) in [6, 6.07) is 1.82. The van der Waals surface area contributed by atoms with Gasteiger partial charge in [0.25, 0.3) is 0 Å². The summed E-state index contributed by atoms with van der Waals surface area (Å²) in [5, 5.41) is 3.76. The highest BCUT2D eigenvalue weighted by atomic mass is 16.5. The van der Waals surface area contributed by atoms with Crippen molar-refractivity contribution >= 4 is 0 Å². The number of ether oxygens (including phenoxy) is 1. The Hall–Kier alpha value is -0.910. The molecule has 0 aliphatic heterocycles. The third kappa shape index (κ3) is 3.87. The maximum absolute atomic E-state index is 5.39. The van der Waals surface area contributed by atoms with E-state index in [-0.39, 0.29) is 0 Å². The van der Waals surface area contributed by atoms with E-state index in [0.29, 0.717) is 19.8 Å². The minimum atomic E-state index is 0.404. The highest BCUT2D eigenvalue weighted by Gasteiger charge is 2.02. The lowest BCUT2D eigenvalue weighted by molar-refractivity contribution is 0.0884. The van der Waals surface area contributed by atoms with Crippen LogP contribution in [0.4, 0.5) is 0 Å². The van der Waals surface area contributed by atoms with Gasteiger partial charge >= 0.3 is 0 Å². The van der Waals surface area contributed by atoms with E-state index in [1.165, 1.54) is 0 Å². The summed E-state index contributed by atoms with van der Waals surface area (Å²) < 4.78 is 10.4. The molecule has 0 aliphatic carbocycles. The lowest BCUT2D eigenvalue weighted by atomic mass is 10.4. The van der Waals surface area contributed by atoms with Gasteiger partial charge in [-0.2, -0.15) is 0 Å². The molecule has 0 spiro atoms. The van der Waals surface area contributed by atoms with Gasteiger partial charge < -0.3 is 19.9 Å². The number of nitrogens with two attached hydrogens (primary N) is 1. The van der Waals surface area contributed by atoms with Crippen molar-refractivity contribution in [2.45, 2.75) is 13.2 Å². The van der Waals surface area contributed by atoms with Crippen LogP contribution in [0.15, 0.2) is 10.6 Å². The Labute approximate surface area is 83.8 Å². The van der Waals surface area contributed by atoms with Gasteiger partial charge in [0.2, 0.25) is 0 Å². The highest BCUT2D eigenvalue weighted by molar-refractivity contribution is 5.03. The van der Waals surface area contributed by atoms with Gasteiger partial charge in [-0.25, -0.2) is 0 Å². The average Bonchev–Trinajstić information content (AvgIpc) is 2.60. The zero-order valence-electron chi connectivity index (χ0n) is 8.69. The van der Waals surface area contributed by atoms with Gasteiger partial charge in [-0.15, -0.1) is 0 Å². The van der Waals surface area contributed by atoms with Crippen molar-refractivity contribution in [3.05, 3.63) is 17.5 Å². The van der Waals surface area contributed by atoms with Crippen LogP contribution in [-0.2, 0) is 17.9 Å². The Balaban J connectivity index is 2.18. The maximum atomic E-state index is 5.39. The van der Waals surface area contributed by atoms with Gasteiger partial charge in [-0.3, -0.25) is 0 Å². The molecule has 2 N–H and O–H groups in total. The molecule has 0 unspecified atom stereocenters. The number of hydrogen-bond acceptors (Lipinski definition) is 5. The molecule has 0 bridgehead atoms. The molecule has 0 amide bonds. The first-order valence-corrected chi connectivity index (χ1v) is 4.59. The summed E-state index contributed by atoms with van der Waals surface area (Å²) >= 11 is 0. The Kier molecular flexibility index (Phi) is 4.58. The van der Waals surface area contributed by atoms with Gasteiger partial charge in [-0.1, -0.05) is 5.16 Å². The first kappa shape index (κ1) is 11.2. The zero-order chi connectivity index (χ0) is 10.4. The summed E-state index contributed by atoms with van der Waals surface area (Å²) in [4.78, 5) is 2.06. The van der Waals surface area contributed by atoms with Crippen LogP contribution < -0.4 is 5.73 Å². The monoisotopic (exact) mass is 199 g/mol. The first-order chi connectivity index (χ1) is 6.72. The molecular weight excluding hydrogens is 182 g/mol. The van der Waals surface area contributed by atoms with Crippen molar-refractivity contribution in [2.75, 3.05) is 27.2 Å². The maximum Gasteiger partial charge on any atom is 0.162 e. The molecule has 5 heteroatoms. The van der Waals surface area contributed by atoms with E-state index in [1.807, 2.05) is 20.2 Å². The molecule has 14 heavy (non-hydrogen) atoms. The van der Waals surface area contributed by atoms with Gasteiger partial charge in [-0.05, 0) is 14.1 Å². The summed E-state index contributed by atoms with van der Waals surface area (Å²) in [6.45, 7) is 2.45. The second-order valence-electron chi connectivity index (χ2n) is 3.34. The molecule has 1 rings (SSSR count). The van der Waals surface area contributed by atoms with E-state index in [4.69, 9.17) is 15.0 Å². The van der Waals surface area contributed by atoms with Crippen molar-refractivity contribution in [1.82, 2.24) is 10.1 Å². The number of hydrogen-bond donors (Lipinski definition) is 1. The molecule has 1 aromatic heterocycles. The first-order valence-electron chi connectivity index (χ1n) is 4.59. The number of likely N-dealkylation sites (N-methyl/N-ethyl adjacent to an activating group) is 1. The summed E-state index contributed by atoms with van der Waals surface area (Å²) in [5.74, 6) is 0.726. The van der Waals surface area contributed by atoms with E-state index < -0.39 is 0 Å². The second-order valence-corrected chi connectivity index (χ2v) is 3.34. The quantitative estimate of drug-likeness (QED) is 0.663. The van der Waals surface area contributed by atoms with Gasteiger partial charge in [0.05, 0.1) is 12.3 Å². The third-order valence-electron chi connectivity index (χ3n) is 1.74. The fourth-order valence-electron chi connectivity index (χ4n) is 0.940. The van der Waals surface area contributed by atoms with Gasteiger partial charge in [0, 0.05) is 19.2 Å². The minimum absolute atomic E-state index is 0.404. The molecule has 1 aromatic rings. The fourth-order valence-corrected chi connectivity index (χ4v) is 0.940. The van der Waals surface area contributed by atoms with Crippen LogP contribution >= 0.6 is 0 Å². The molecule has 0 fully saturated rings. The zero-order valence-corrected chi connectivity index (χ0v) is 8.69. The summed E-state index contributed by atoms with van der Waals surface area (Å²) in [6.07, 6.45) is 0. The van der Waals surface area contributed by atoms with E-state index in [0.717, 1.165) is 18.0 Å². The molecule has 1 heterocycles. The lowest BCUT2D eigenvalue weighted by Gasteiger charge is -2.08. The molecule has 0 aliphatic rings. The van der Waals surface area contributed by atoms with Crippen LogP contribution in [0.1, 0.15) is 11.5 Å². The molecule has 0 saturated heterocycles. The van der Waals surface area contributed by atoms with E-state index >= 15 is 0 Å². The third-order valence-corrected chi connectivity index (χ3v) is 1.74. The largest absolute Gasteiger partial charge is 0.372 e. The number of aromatic nitrogens is 1. The molecule has 0 saturated carbocycles. The normalized spacial score (nSPS) is 11.1. The predicted octanol–water partition coefficient (Wildman–Crippen LogP) is 0.211. The smallest absolute Gasteiger partial charge is 0.162 e. The molecule has 0 aromatic carbocycles. The Bertz CT molecular complexity index is 260. The molecule has 80 valence electrons. The minimum Gasteiger partial charge on any atom is -0.372 e. The molecule has 0 radical (unpaired) electrons. The summed E-state index contributed by atoms with van der Waals surface area (Å²) in [7, 11) is 4.01. The van der Waals surface area contributed by atoms with Gasteiger partial charge in [0.15, 0.2) is 5.76 Å². The Morgan fingerprint density at radius 1 is 1.57 bits per heavy atom. The Morgan fingerprint density at radius 3 is 2.93 bits per heavy atom. The lowest BCUT2D eigenvalue weighted by Crippen LogP contribution is -2.17. The van der Waals surface area contributed by atoms with Crippen molar-refractivity contribution in [3.8, 4) is 0 Å². The van der Waals surface area contributed by atoms with Gasteiger partial charge in [0.1, 0.15) is 6.61 Å². The number of rotatable bonds is 6. The molecular formula is C9H17N3O2. The molecule has 0 atom stereocenters. The van der Waals surface area contributed by atoms with E-state index in [9.17, 15) is 0 Å². The highest BCUT2D eigenvalue weighted by Crippen LogP contribution is 2.03. The topological polar surface area (TPSA) is 64.5 Å². The standard InChI is InChI=1S/C9H17N3O2/c1-12(2)3-4-13-7-9-5-8(6-10)11-14-9/h5H,3-4,6-7,10H2,1-2H3. The van der Waals surface area contributed by atoms with E-state index in [1.54, 1.807) is 0 Å². The van der Waals surface area contributed by atoms with Crippen LogP contribution in [0, 0.1) is 0 Å². The van der Waals surface area contributed by atoms with Crippen molar-refractivity contribution < 1.29 is 9.26 Å². The number of nitrogens with zero attached hydrogens (tertiary/aromatic N) is 2. The van der Waals surface area contributed by atoms with Crippen molar-refractivity contribution in [1.29, 1.82) is 0 Å². The average molecular weight is 199 g/mol. The fraction of sp³-hybridized carbons (Fsp3) is 0.667. The van der Waals surface area contributed by atoms with Crippen LogP contribution in [0.3, 0.4) is 0 Å². The van der Waals surface area contributed by atoms with Crippen LogP contribution in [0.5, 0.6) is 0 Å². The predicted molar refractivity (Wildman–Crippen MR) is 52.6 cm³/mol. The van der Waals surface area contributed by atoms with Crippen LogP contribution in [0.25, 0.3) is 0 Å². The van der Waals surface area contributed by atoms with Crippen LogP contribution in [-0.4, -0.2) is 37.3 Å². The van der Waals surface area contributed by atoms with Crippen molar-refractivity contribution in [2.24, 2.45) is 5.73 Å². The second kappa shape index (κ2) is 5.74. The molecule has 5 nitrogen and oxygen atoms in total. The van der Waals surface area contributed by atoms with Crippen molar-refractivity contribution in [3.63, 3.8) is 0 Å². The summed E-state index contributed by atoms with van der Waals surface area (Å²) in [5.41, 5.74) is 6.15. The SMILES string of the molecule is CN(C)CCOCc1cc(CN)no1. The Morgan fingerprint density at radius 2 is 2.36 bits per heavy atom. The van der Waals surface area contributed by atoms with Crippen LogP contribution in [0.2, 0.25) is 0 Å². The van der Waals surface area contributed by atoms with E-state index in [2.05, 4.69) is 10.1 Å².